The maximum Gasteiger partial charge on any atom is 0.190 e. The van der Waals surface area contributed by atoms with Crippen molar-refractivity contribution < 1.29 is 13.5 Å². The minimum absolute atomic E-state index is 0.0449. The summed E-state index contributed by atoms with van der Waals surface area (Å²) in [5, 5.41) is 3.27. The van der Waals surface area contributed by atoms with Gasteiger partial charge in [0, 0.05) is 5.54 Å². The van der Waals surface area contributed by atoms with Crippen LogP contribution in [-0.4, -0.2) is 18.7 Å². The molecule has 0 saturated heterocycles. The van der Waals surface area contributed by atoms with Gasteiger partial charge in [0.1, 0.15) is 0 Å². The van der Waals surface area contributed by atoms with Crippen molar-refractivity contribution in [2.45, 2.75) is 32.7 Å². The molecule has 17 heavy (non-hydrogen) atoms. The van der Waals surface area contributed by atoms with Gasteiger partial charge >= 0.3 is 0 Å². The highest BCUT2D eigenvalue weighted by molar-refractivity contribution is 5.25. The number of rotatable bonds is 5. The monoisotopic (exact) mass is 243 g/mol. The molecule has 4 heteroatoms. The summed E-state index contributed by atoms with van der Waals surface area (Å²) >= 11 is 0. The van der Waals surface area contributed by atoms with Crippen LogP contribution in [-0.2, 0) is 0 Å². The van der Waals surface area contributed by atoms with E-state index in [9.17, 15) is 8.78 Å². The third-order valence-corrected chi connectivity index (χ3v) is 2.14. The van der Waals surface area contributed by atoms with Gasteiger partial charge in [0.15, 0.2) is 17.4 Å². The average Bonchev–Trinajstić information content (AvgIpc) is 2.20. The fourth-order valence-corrected chi connectivity index (χ4v) is 1.33. The number of hydrogen-bond acceptors (Lipinski definition) is 2. The molecule has 0 fully saturated rings. The molecule has 1 aromatic carbocycles. The quantitative estimate of drug-likeness (QED) is 0.802. The molecule has 0 saturated carbocycles. The maximum atomic E-state index is 13.2. The van der Waals surface area contributed by atoms with Crippen molar-refractivity contribution >= 4 is 0 Å². The van der Waals surface area contributed by atoms with Crippen molar-refractivity contribution in [3.8, 4) is 5.75 Å². The Labute approximate surface area is 101 Å². The molecule has 1 N–H and O–H groups in total. The van der Waals surface area contributed by atoms with Gasteiger partial charge in [-0.1, -0.05) is 6.07 Å². The van der Waals surface area contributed by atoms with Crippen molar-refractivity contribution in [2.24, 2.45) is 0 Å². The van der Waals surface area contributed by atoms with E-state index in [0.29, 0.717) is 13.0 Å². The van der Waals surface area contributed by atoms with E-state index in [0.717, 1.165) is 6.54 Å². The van der Waals surface area contributed by atoms with Crippen molar-refractivity contribution in [1.82, 2.24) is 5.32 Å². The zero-order valence-corrected chi connectivity index (χ0v) is 10.5. The SMILES string of the molecule is CC(C)(C)NCCCOc1c(F)cccc1F. The Bertz CT molecular complexity index is 341. The van der Waals surface area contributed by atoms with Crippen LogP contribution in [0, 0.1) is 11.6 Å². The second kappa shape index (κ2) is 5.96. The molecule has 0 radical (unpaired) electrons. The summed E-state index contributed by atoms with van der Waals surface area (Å²) in [7, 11) is 0. The van der Waals surface area contributed by atoms with Gasteiger partial charge in [-0.25, -0.2) is 8.78 Å². The summed E-state index contributed by atoms with van der Waals surface area (Å²) in [6.45, 7) is 7.22. The highest BCUT2D eigenvalue weighted by Gasteiger charge is 2.10. The summed E-state index contributed by atoms with van der Waals surface area (Å²) in [6.07, 6.45) is 0.699. The van der Waals surface area contributed by atoms with Crippen LogP contribution in [0.15, 0.2) is 18.2 Å². The van der Waals surface area contributed by atoms with E-state index in [4.69, 9.17) is 4.74 Å². The molecule has 0 aromatic heterocycles. The number of benzene rings is 1. The first-order valence-corrected chi connectivity index (χ1v) is 5.72. The molecule has 0 aliphatic carbocycles. The van der Waals surface area contributed by atoms with Gasteiger partial charge in [-0.3, -0.25) is 0 Å². The lowest BCUT2D eigenvalue weighted by molar-refractivity contribution is 0.272. The molecule has 0 unspecified atom stereocenters. The van der Waals surface area contributed by atoms with Crippen LogP contribution in [0.1, 0.15) is 27.2 Å². The van der Waals surface area contributed by atoms with Crippen LogP contribution < -0.4 is 10.1 Å². The number of nitrogens with one attached hydrogen (secondary N) is 1. The van der Waals surface area contributed by atoms with Gasteiger partial charge in [-0.05, 0) is 45.9 Å². The van der Waals surface area contributed by atoms with Gasteiger partial charge in [0.05, 0.1) is 6.61 Å². The second-order valence-electron chi connectivity index (χ2n) is 4.93. The normalized spacial score (nSPS) is 11.6. The molecule has 0 aliphatic heterocycles. The van der Waals surface area contributed by atoms with E-state index >= 15 is 0 Å². The predicted molar refractivity (Wildman–Crippen MR) is 64.2 cm³/mol. The lowest BCUT2D eigenvalue weighted by Crippen LogP contribution is -2.36. The fourth-order valence-electron chi connectivity index (χ4n) is 1.33. The van der Waals surface area contributed by atoms with Gasteiger partial charge in [-0.15, -0.1) is 0 Å². The Balaban J connectivity index is 2.32. The van der Waals surface area contributed by atoms with Crippen molar-refractivity contribution in [3.05, 3.63) is 29.8 Å². The lowest BCUT2D eigenvalue weighted by atomic mass is 10.1. The summed E-state index contributed by atoms with van der Waals surface area (Å²) in [5.41, 5.74) is 0.0449. The number of hydrogen-bond donors (Lipinski definition) is 1. The highest BCUT2D eigenvalue weighted by atomic mass is 19.1. The maximum absolute atomic E-state index is 13.2. The number of para-hydroxylation sites is 1. The molecule has 0 spiro atoms. The third kappa shape index (κ3) is 5.13. The molecule has 96 valence electrons. The van der Waals surface area contributed by atoms with E-state index in [1.54, 1.807) is 0 Å². The van der Waals surface area contributed by atoms with Crippen molar-refractivity contribution in [3.63, 3.8) is 0 Å². The molecule has 0 bridgehead atoms. The van der Waals surface area contributed by atoms with E-state index in [2.05, 4.69) is 26.1 Å². The van der Waals surface area contributed by atoms with Crippen LogP contribution in [0.25, 0.3) is 0 Å². The highest BCUT2D eigenvalue weighted by Crippen LogP contribution is 2.20. The average molecular weight is 243 g/mol. The van der Waals surface area contributed by atoms with E-state index in [1.165, 1.54) is 18.2 Å². The molecular formula is C13H19F2NO. The Kier molecular flexibility index (Phi) is 4.87. The molecular weight excluding hydrogens is 224 g/mol. The predicted octanol–water partition coefficient (Wildman–Crippen LogP) is 3.12. The van der Waals surface area contributed by atoms with Gasteiger partial charge < -0.3 is 10.1 Å². The molecule has 0 amide bonds. The molecule has 1 aromatic rings. The Morgan fingerprint density at radius 3 is 2.29 bits per heavy atom. The minimum atomic E-state index is -0.659. The van der Waals surface area contributed by atoms with Crippen LogP contribution in [0.5, 0.6) is 5.75 Å². The zero-order valence-electron chi connectivity index (χ0n) is 10.5. The van der Waals surface area contributed by atoms with Crippen LogP contribution >= 0.6 is 0 Å². The second-order valence-corrected chi connectivity index (χ2v) is 4.93. The summed E-state index contributed by atoms with van der Waals surface area (Å²) in [5.74, 6) is -1.61. The van der Waals surface area contributed by atoms with E-state index < -0.39 is 11.6 Å². The lowest BCUT2D eigenvalue weighted by Gasteiger charge is -2.20. The zero-order chi connectivity index (χ0) is 12.9. The Morgan fingerprint density at radius 1 is 1.18 bits per heavy atom. The van der Waals surface area contributed by atoms with Crippen molar-refractivity contribution in [1.29, 1.82) is 0 Å². The minimum Gasteiger partial charge on any atom is -0.488 e. The van der Waals surface area contributed by atoms with E-state index in [-0.39, 0.29) is 11.3 Å². The largest absolute Gasteiger partial charge is 0.488 e. The topological polar surface area (TPSA) is 21.3 Å². The van der Waals surface area contributed by atoms with Crippen LogP contribution in [0.3, 0.4) is 0 Å². The summed E-state index contributed by atoms with van der Waals surface area (Å²) in [4.78, 5) is 0. The van der Waals surface area contributed by atoms with E-state index in [1.807, 2.05) is 0 Å². The molecule has 2 nitrogen and oxygen atoms in total. The third-order valence-electron chi connectivity index (χ3n) is 2.14. The molecule has 0 atom stereocenters. The Morgan fingerprint density at radius 2 is 1.76 bits per heavy atom. The molecule has 0 heterocycles. The number of halogens is 2. The molecule has 0 aliphatic rings. The first-order chi connectivity index (χ1) is 7.90. The summed E-state index contributed by atoms with van der Waals surface area (Å²) in [6, 6.07) is 3.69. The van der Waals surface area contributed by atoms with Gasteiger partial charge in [0.25, 0.3) is 0 Å². The standard InChI is InChI=1S/C13H19F2NO/c1-13(2,3)16-8-5-9-17-12-10(14)6-4-7-11(12)15/h4,6-7,16H,5,8-9H2,1-3H3. The smallest absolute Gasteiger partial charge is 0.190 e. The van der Waals surface area contributed by atoms with Crippen LogP contribution in [0.4, 0.5) is 8.78 Å². The summed E-state index contributed by atoms with van der Waals surface area (Å²) < 4.78 is 31.4. The molecule has 1 rings (SSSR count). The van der Waals surface area contributed by atoms with Crippen molar-refractivity contribution in [2.75, 3.05) is 13.2 Å². The van der Waals surface area contributed by atoms with Gasteiger partial charge in [-0.2, -0.15) is 0 Å². The Hall–Kier alpha value is -1.16. The first kappa shape index (κ1) is 13.9. The van der Waals surface area contributed by atoms with Crippen LogP contribution in [0.2, 0.25) is 0 Å². The number of ether oxygens (including phenoxy) is 1. The first-order valence-electron chi connectivity index (χ1n) is 5.72. The fraction of sp³-hybridized carbons (Fsp3) is 0.538. The van der Waals surface area contributed by atoms with Gasteiger partial charge in [0.2, 0.25) is 0 Å².